The van der Waals surface area contributed by atoms with Crippen LogP contribution in [0.1, 0.15) is 47.1 Å². The molecule has 0 spiro atoms. The van der Waals surface area contributed by atoms with Gasteiger partial charge in [-0.25, -0.2) is 4.39 Å². The Morgan fingerprint density at radius 2 is 2.03 bits per heavy atom. The molecular weight excluding hydrogens is 534 g/mol. The number of benzene rings is 3. The van der Waals surface area contributed by atoms with Crippen molar-refractivity contribution in [1.82, 2.24) is 5.32 Å². The number of phenolic OH excluding ortho intramolecular Hbond substituents is 1. The fourth-order valence-electron chi connectivity index (χ4n) is 4.91. The molecule has 176 valence electrons. The van der Waals surface area contributed by atoms with Crippen LogP contribution in [0.5, 0.6) is 5.75 Å². The fourth-order valence-corrected chi connectivity index (χ4v) is 5.29. The van der Waals surface area contributed by atoms with E-state index in [-0.39, 0.29) is 69.0 Å². The number of rotatable bonds is 6. The van der Waals surface area contributed by atoms with Crippen LogP contribution in [0.25, 0.3) is 6.08 Å². The van der Waals surface area contributed by atoms with E-state index < -0.39 is 11.5 Å². The van der Waals surface area contributed by atoms with Gasteiger partial charge in [0.2, 0.25) is 0 Å². The first-order valence-corrected chi connectivity index (χ1v) is 11.9. The van der Waals surface area contributed by atoms with Gasteiger partial charge in [0.25, 0.3) is 0 Å². The zero-order chi connectivity index (χ0) is 24.3. The second-order valence-electron chi connectivity index (χ2n) is 8.88. The molecule has 0 aromatic heterocycles. The first-order chi connectivity index (χ1) is 16.3. The number of hydrogen-bond acceptors (Lipinski definition) is 4. The van der Waals surface area contributed by atoms with Gasteiger partial charge in [-0.05, 0) is 73.6 Å². The summed E-state index contributed by atoms with van der Waals surface area (Å²) in [6.07, 6.45) is 5.07. The maximum absolute atomic E-state index is 13.7. The van der Waals surface area contributed by atoms with Crippen LogP contribution in [0.15, 0.2) is 70.7 Å². The Hall–Kier alpha value is -1.16. The maximum atomic E-state index is 13.7. The Bertz CT molecular complexity index is 1220. The summed E-state index contributed by atoms with van der Waals surface area (Å²) in [5.41, 5.74) is 10.1. The molecule has 7 heteroatoms. The van der Waals surface area contributed by atoms with Crippen LogP contribution < -0.4 is 62.4 Å². The average Bonchev–Trinajstić information content (AvgIpc) is 2.80. The van der Waals surface area contributed by atoms with E-state index in [9.17, 15) is 14.3 Å². The molecule has 0 aliphatic carbocycles. The van der Waals surface area contributed by atoms with E-state index in [1.54, 1.807) is 42.5 Å². The monoisotopic (exact) mass is 559 g/mol. The van der Waals surface area contributed by atoms with Crippen molar-refractivity contribution in [3.63, 3.8) is 0 Å². The average molecular weight is 561 g/mol. The van der Waals surface area contributed by atoms with Crippen LogP contribution in [-0.4, -0.2) is 23.5 Å². The Morgan fingerprint density at radius 1 is 1.29 bits per heavy atom. The van der Waals surface area contributed by atoms with Crippen molar-refractivity contribution < 1.29 is 65.7 Å². The van der Waals surface area contributed by atoms with Gasteiger partial charge in [0.05, 0.1) is 0 Å². The predicted octanol–water partition coefficient (Wildman–Crippen LogP) is 2.51. The molecule has 1 fully saturated rings. The van der Waals surface area contributed by atoms with E-state index in [1.807, 2.05) is 19.1 Å². The van der Waals surface area contributed by atoms with Gasteiger partial charge >= 0.3 is 51.4 Å². The Labute approximate surface area is 256 Å². The molecule has 4 rings (SSSR count). The molecular formula is C28H26BrFKN2O2-. The molecule has 3 atom stereocenters. The van der Waals surface area contributed by atoms with Gasteiger partial charge in [-0.15, -0.1) is 35.9 Å². The quantitative estimate of drug-likeness (QED) is 0.246. The smallest absolute Gasteiger partial charge is 0.508 e. The van der Waals surface area contributed by atoms with Crippen LogP contribution in [0.2, 0.25) is 0 Å². The zero-order valence-electron chi connectivity index (χ0n) is 19.8. The van der Waals surface area contributed by atoms with E-state index in [4.69, 9.17) is 5.73 Å². The van der Waals surface area contributed by atoms with Crippen molar-refractivity contribution in [1.29, 1.82) is 0 Å². The normalized spacial score (nSPS) is 21.1. The Morgan fingerprint density at radius 3 is 2.69 bits per heavy atom. The van der Waals surface area contributed by atoms with Crippen molar-refractivity contribution in [2.45, 2.75) is 37.3 Å². The first-order valence-electron chi connectivity index (χ1n) is 11.1. The minimum absolute atomic E-state index is 0. The molecule has 1 aliphatic rings. The van der Waals surface area contributed by atoms with Crippen LogP contribution in [-0.2, 0) is 4.79 Å². The van der Waals surface area contributed by atoms with E-state index in [2.05, 4.69) is 33.6 Å². The zero-order valence-corrected chi connectivity index (χ0v) is 24.5. The number of carbonyl (C=O) groups excluding carboxylic acids is 1. The van der Waals surface area contributed by atoms with E-state index in [0.717, 1.165) is 26.7 Å². The third kappa shape index (κ3) is 6.79. The topological polar surface area (TPSA) is 75.4 Å². The molecule has 3 unspecified atom stereocenters. The van der Waals surface area contributed by atoms with Crippen LogP contribution in [0.3, 0.4) is 0 Å². The number of hydrogen-bond donors (Lipinski definition) is 3. The summed E-state index contributed by atoms with van der Waals surface area (Å²) in [5, 5.41) is 13.4. The van der Waals surface area contributed by atoms with Gasteiger partial charge in [0, 0.05) is 17.5 Å². The van der Waals surface area contributed by atoms with Gasteiger partial charge in [-0.2, -0.15) is 5.56 Å². The third-order valence-electron chi connectivity index (χ3n) is 6.50. The first kappa shape index (κ1) is 28.4. The molecule has 3 aromatic carbocycles. The SMILES string of the molecule is Cc1cc(F)ccc1C1CC(N)(C(/C([C-]=O)=C/c2[c-]ccc(Br)c2)c2ccc(O)cc2)CCN1.[K+]. The van der Waals surface area contributed by atoms with Crippen LogP contribution >= 0.6 is 15.9 Å². The minimum atomic E-state index is -0.789. The molecule has 0 radical (unpaired) electrons. The molecule has 0 bridgehead atoms. The molecule has 0 saturated carbocycles. The van der Waals surface area contributed by atoms with Crippen LogP contribution in [0.4, 0.5) is 4.39 Å². The summed E-state index contributed by atoms with van der Waals surface area (Å²) in [5.74, 6) is -0.605. The molecule has 1 aliphatic heterocycles. The Kier molecular flexibility index (Phi) is 10.1. The summed E-state index contributed by atoms with van der Waals surface area (Å²) in [7, 11) is 0. The standard InChI is InChI=1S/C28H26BrFN2O2.K/c1-18-13-23(30)7-10-25(18)26-16-28(31,11-12-32-26)27(20-5-8-24(34)9-6-20)21(17-33)14-19-3-2-4-22(29)15-19;/h2,4-10,13-15,26-27,32,34H,11-12,16,31H2,1H3;/q-2;+1/b21-14+;. The summed E-state index contributed by atoms with van der Waals surface area (Å²) < 4.78 is 14.6. The van der Waals surface area contributed by atoms with Crippen LogP contribution in [0, 0.1) is 18.8 Å². The largest absolute Gasteiger partial charge is 1.00 e. The van der Waals surface area contributed by atoms with E-state index in [0.29, 0.717) is 25.0 Å². The third-order valence-corrected chi connectivity index (χ3v) is 6.99. The number of halogens is 2. The second kappa shape index (κ2) is 12.4. The second-order valence-corrected chi connectivity index (χ2v) is 9.80. The molecule has 4 N–H and O–H groups in total. The summed E-state index contributed by atoms with van der Waals surface area (Å²) >= 11 is 3.46. The van der Waals surface area contributed by atoms with Gasteiger partial charge in [-0.1, -0.05) is 38.6 Å². The molecule has 0 amide bonds. The molecule has 1 heterocycles. The molecule has 3 aromatic rings. The number of nitrogens with two attached hydrogens (primary N) is 1. The molecule has 1 saturated heterocycles. The van der Waals surface area contributed by atoms with Crippen molar-refractivity contribution in [2.75, 3.05) is 6.54 Å². The van der Waals surface area contributed by atoms with E-state index >= 15 is 0 Å². The summed E-state index contributed by atoms with van der Waals surface area (Å²) in [4.78, 5) is 12.3. The van der Waals surface area contributed by atoms with Gasteiger partial charge in [0.15, 0.2) is 0 Å². The maximum Gasteiger partial charge on any atom is 1.00 e. The molecule has 4 nitrogen and oxygen atoms in total. The van der Waals surface area contributed by atoms with Crippen molar-refractivity contribution >= 4 is 28.3 Å². The van der Waals surface area contributed by atoms with Gasteiger partial charge in [0.1, 0.15) is 11.6 Å². The summed E-state index contributed by atoms with van der Waals surface area (Å²) in [6, 6.07) is 20.1. The van der Waals surface area contributed by atoms with Crippen molar-refractivity contribution in [3.05, 3.63) is 105 Å². The van der Waals surface area contributed by atoms with Gasteiger partial charge in [-0.3, -0.25) is 0 Å². The summed E-state index contributed by atoms with van der Waals surface area (Å²) in [6.45, 7) is 2.53. The number of aryl methyl sites for hydroxylation is 1. The van der Waals surface area contributed by atoms with Crippen molar-refractivity contribution in [2.24, 2.45) is 5.73 Å². The Balaban J connectivity index is 0.00000342. The number of piperidine rings is 1. The number of phenols is 1. The van der Waals surface area contributed by atoms with Crippen molar-refractivity contribution in [3.8, 4) is 5.75 Å². The number of aromatic hydroxyl groups is 1. The van der Waals surface area contributed by atoms with E-state index in [1.165, 1.54) is 12.1 Å². The molecule has 35 heavy (non-hydrogen) atoms. The minimum Gasteiger partial charge on any atom is -0.508 e. The fraction of sp³-hybridized carbons (Fsp3) is 0.250. The van der Waals surface area contributed by atoms with Gasteiger partial charge < -0.3 is 21.0 Å². The predicted molar refractivity (Wildman–Crippen MR) is 136 cm³/mol. The number of nitrogens with one attached hydrogen (secondary N) is 1.